The first-order valence-electron chi connectivity index (χ1n) is 15.9. The third-order valence-corrected chi connectivity index (χ3v) is 11.1. The van der Waals surface area contributed by atoms with Gasteiger partial charge in [-0.05, 0) is 96.6 Å². The first-order chi connectivity index (χ1) is 19.7. The Hall–Kier alpha value is -1.26. The molecule has 0 spiro atoms. The van der Waals surface area contributed by atoms with Crippen LogP contribution in [0.1, 0.15) is 88.3 Å². The van der Waals surface area contributed by atoms with E-state index in [0.717, 1.165) is 94.9 Å². The number of hydrogen-bond acceptors (Lipinski definition) is 6. The van der Waals surface area contributed by atoms with Crippen LogP contribution in [0.3, 0.4) is 0 Å². The van der Waals surface area contributed by atoms with Gasteiger partial charge >= 0.3 is 5.97 Å². The molecule has 230 valence electrons. The van der Waals surface area contributed by atoms with Crippen molar-refractivity contribution >= 4 is 17.6 Å². The Bertz CT molecular complexity index is 1080. The molecule has 5 fully saturated rings. The molecule has 0 radical (unpaired) electrons. The zero-order chi connectivity index (χ0) is 28.7. The number of likely N-dealkylation sites (tertiary alicyclic amines) is 1. The number of hydrogen-bond donors (Lipinski definition) is 1. The normalized spacial score (nSPS) is 38.5. The number of alkyl halides is 2. The monoisotopic (exact) mass is 595 g/mol. The maximum atomic E-state index is 15.1. The molecule has 0 bridgehead atoms. The van der Waals surface area contributed by atoms with Crippen molar-refractivity contribution in [2.45, 2.75) is 133 Å². The fourth-order valence-corrected chi connectivity index (χ4v) is 8.60. The molecule has 0 aromatic carbocycles. The highest BCUT2D eigenvalue weighted by Crippen LogP contribution is 2.50. The molecule has 2 aliphatic carbocycles. The van der Waals surface area contributed by atoms with Crippen LogP contribution in [0, 0.1) is 24.7 Å². The summed E-state index contributed by atoms with van der Waals surface area (Å²) >= 11 is 6.25. The number of halogens is 2. The minimum absolute atomic E-state index is 0.0482. The lowest BCUT2D eigenvalue weighted by Crippen LogP contribution is -2.46. The van der Waals surface area contributed by atoms with Gasteiger partial charge in [-0.1, -0.05) is 6.42 Å². The van der Waals surface area contributed by atoms with Crippen LogP contribution in [-0.2, 0) is 38.5 Å². The van der Waals surface area contributed by atoms with Crippen molar-refractivity contribution in [2.24, 2.45) is 17.8 Å². The summed E-state index contributed by atoms with van der Waals surface area (Å²) in [5, 5.41) is 9.18. The number of aromatic nitrogens is 2. The molecule has 8 nitrogen and oxygen atoms in total. The number of ether oxygens (including phenoxy) is 3. The Kier molecular flexibility index (Phi) is 9.00. The number of rotatable bonds is 9. The molecule has 2 saturated carbocycles. The van der Waals surface area contributed by atoms with E-state index in [0.29, 0.717) is 31.1 Å². The van der Waals surface area contributed by atoms with Gasteiger partial charge in [-0.3, -0.25) is 9.69 Å². The third-order valence-electron chi connectivity index (χ3n) is 10.7. The number of imidazole rings is 1. The minimum Gasteiger partial charge on any atom is -0.481 e. The number of aryl methyl sites for hydroxylation is 1. The molecule has 5 aliphatic rings. The van der Waals surface area contributed by atoms with E-state index < -0.39 is 17.9 Å². The number of carboxylic acid groups (broad SMARTS) is 1. The fraction of sp³-hybridized carbons (Fsp3) is 0.871. The van der Waals surface area contributed by atoms with E-state index in [-0.39, 0.29) is 36.0 Å². The van der Waals surface area contributed by atoms with Crippen molar-refractivity contribution < 1.29 is 28.5 Å². The van der Waals surface area contributed by atoms with Crippen molar-refractivity contribution in [1.29, 1.82) is 0 Å². The van der Waals surface area contributed by atoms with Crippen LogP contribution in [0.25, 0.3) is 0 Å². The summed E-state index contributed by atoms with van der Waals surface area (Å²) in [6.07, 6.45) is 8.37. The molecule has 0 amide bonds. The van der Waals surface area contributed by atoms with Crippen LogP contribution in [0.15, 0.2) is 0 Å². The van der Waals surface area contributed by atoms with Crippen molar-refractivity contribution in [1.82, 2.24) is 14.5 Å². The first-order valence-corrected chi connectivity index (χ1v) is 16.4. The van der Waals surface area contributed by atoms with Gasteiger partial charge in [0.1, 0.15) is 12.0 Å². The number of nitrogens with zero attached hydrogens (tertiary/aromatic N) is 3. The van der Waals surface area contributed by atoms with E-state index >= 15 is 4.39 Å². The van der Waals surface area contributed by atoms with Gasteiger partial charge in [0, 0.05) is 23.6 Å². The van der Waals surface area contributed by atoms with Crippen LogP contribution >= 0.6 is 11.6 Å². The molecule has 8 atom stereocenters. The summed E-state index contributed by atoms with van der Waals surface area (Å²) in [7, 11) is 0. The Morgan fingerprint density at radius 2 is 1.93 bits per heavy atom. The number of carbonyl (C=O) groups is 1. The predicted octanol–water partition coefficient (Wildman–Crippen LogP) is 5.26. The fourth-order valence-electron chi connectivity index (χ4n) is 8.30. The molecular formula is C31H47ClFN3O5. The smallest absolute Gasteiger partial charge is 0.303 e. The van der Waals surface area contributed by atoms with Crippen molar-refractivity contribution in [3.05, 3.63) is 17.2 Å². The Morgan fingerprint density at radius 3 is 2.61 bits per heavy atom. The summed E-state index contributed by atoms with van der Waals surface area (Å²) in [4.78, 5) is 18.7. The van der Waals surface area contributed by atoms with E-state index in [1.165, 1.54) is 0 Å². The molecule has 3 aliphatic heterocycles. The summed E-state index contributed by atoms with van der Waals surface area (Å²) in [5.74, 6) is 0.152. The lowest BCUT2D eigenvalue weighted by molar-refractivity contribution is -0.219. The largest absolute Gasteiger partial charge is 0.481 e. The summed E-state index contributed by atoms with van der Waals surface area (Å²) in [6, 6.07) is 0. The van der Waals surface area contributed by atoms with Crippen molar-refractivity contribution in [3.8, 4) is 0 Å². The third kappa shape index (κ3) is 6.35. The second kappa shape index (κ2) is 12.4. The average Bonchev–Trinajstić information content (AvgIpc) is 3.40. The standard InChI is InChI=1S/C31H47ClFN3O5/c1-19-26(8-9-29(37)38)36(17-22-12-15-39-22)28(34-19)18-35-13-10-20(11-14-35)23-4-3-5-27-30(23)41-31(2,40-27)24-7-6-21(32)16-25(24)33/h20-25,27,30H,3-18H2,1-2H3,(H,37,38)/t21?,22-,23?,24?,25?,27?,30?,31-/m0/s1. The molecule has 1 aromatic rings. The second-order valence-electron chi connectivity index (χ2n) is 13.3. The topological polar surface area (TPSA) is 86.0 Å². The number of piperidine rings is 1. The molecule has 1 aromatic heterocycles. The summed E-state index contributed by atoms with van der Waals surface area (Å²) in [6.45, 7) is 8.27. The van der Waals surface area contributed by atoms with Gasteiger partial charge in [0.15, 0.2) is 5.79 Å². The Labute approximate surface area is 248 Å². The van der Waals surface area contributed by atoms with Crippen molar-refractivity contribution in [2.75, 3.05) is 19.7 Å². The van der Waals surface area contributed by atoms with Gasteiger partial charge in [0.2, 0.25) is 0 Å². The van der Waals surface area contributed by atoms with Gasteiger partial charge in [0.25, 0.3) is 0 Å². The SMILES string of the molecule is Cc1nc(CN2CCC(C3CCCC4O[C@](C)(C5CCC(Cl)CC5F)OC43)CC2)n(C[C@@H]2CCO2)c1CCC(=O)O. The quantitative estimate of drug-likeness (QED) is 0.390. The van der Waals surface area contributed by atoms with Crippen LogP contribution in [-0.4, -0.2) is 80.9 Å². The average molecular weight is 596 g/mol. The van der Waals surface area contributed by atoms with Crippen molar-refractivity contribution in [3.63, 3.8) is 0 Å². The highest BCUT2D eigenvalue weighted by molar-refractivity contribution is 6.20. The second-order valence-corrected chi connectivity index (χ2v) is 14.0. The molecule has 3 saturated heterocycles. The van der Waals surface area contributed by atoms with Gasteiger partial charge in [0.05, 0.1) is 43.5 Å². The summed E-state index contributed by atoms with van der Waals surface area (Å²) < 4.78 is 36.3. The molecule has 10 heteroatoms. The van der Waals surface area contributed by atoms with Gasteiger partial charge in [-0.25, -0.2) is 9.37 Å². The Morgan fingerprint density at radius 1 is 1.15 bits per heavy atom. The van der Waals surface area contributed by atoms with Crippen LogP contribution in [0.4, 0.5) is 4.39 Å². The number of aliphatic carboxylic acids is 1. The zero-order valence-corrected chi connectivity index (χ0v) is 25.4. The molecule has 4 heterocycles. The van der Waals surface area contributed by atoms with Gasteiger partial charge < -0.3 is 23.9 Å². The van der Waals surface area contributed by atoms with E-state index in [4.69, 9.17) is 30.8 Å². The maximum absolute atomic E-state index is 15.1. The number of fused-ring (bicyclic) bond motifs is 1. The summed E-state index contributed by atoms with van der Waals surface area (Å²) in [5.41, 5.74) is 1.96. The van der Waals surface area contributed by atoms with Crippen LogP contribution in [0.5, 0.6) is 0 Å². The molecule has 6 unspecified atom stereocenters. The molecule has 6 rings (SSSR count). The number of carboxylic acids is 1. The highest BCUT2D eigenvalue weighted by atomic mass is 35.5. The van der Waals surface area contributed by atoms with E-state index in [1.54, 1.807) is 0 Å². The van der Waals surface area contributed by atoms with E-state index in [1.807, 2.05) is 13.8 Å². The maximum Gasteiger partial charge on any atom is 0.303 e. The van der Waals surface area contributed by atoms with Crippen LogP contribution in [0.2, 0.25) is 0 Å². The Balaban J connectivity index is 1.08. The molecule has 41 heavy (non-hydrogen) atoms. The van der Waals surface area contributed by atoms with Crippen LogP contribution < -0.4 is 0 Å². The first kappa shape index (κ1) is 29.8. The lowest BCUT2D eigenvalue weighted by Gasteiger charge is -2.41. The molecule has 1 N–H and O–H groups in total. The highest BCUT2D eigenvalue weighted by Gasteiger charge is 2.56. The van der Waals surface area contributed by atoms with Gasteiger partial charge in [-0.15, -0.1) is 11.6 Å². The van der Waals surface area contributed by atoms with E-state index in [2.05, 4.69) is 9.47 Å². The molecular weight excluding hydrogens is 549 g/mol. The van der Waals surface area contributed by atoms with Gasteiger partial charge in [-0.2, -0.15) is 0 Å². The zero-order valence-electron chi connectivity index (χ0n) is 24.6. The minimum atomic E-state index is -0.977. The predicted molar refractivity (Wildman–Crippen MR) is 153 cm³/mol. The lowest BCUT2D eigenvalue weighted by atomic mass is 9.73. The van der Waals surface area contributed by atoms with E-state index in [9.17, 15) is 9.90 Å².